The van der Waals surface area contributed by atoms with Gasteiger partial charge in [0.2, 0.25) is 11.8 Å². The molecule has 2 N–H and O–H groups in total. The van der Waals surface area contributed by atoms with Crippen molar-refractivity contribution >= 4 is 45.2 Å². The third kappa shape index (κ3) is 5.42. The molecule has 2 aromatic rings. The highest BCUT2D eigenvalue weighted by Gasteiger charge is 2.08. The molecule has 0 aliphatic rings. The van der Waals surface area contributed by atoms with Crippen LogP contribution in [0, 0.1) is 5.82 Å². The summed E-state index contributed by atoms with van der Waals surface area (Å²) in [7, 11) is 1.47. The van der Waals surface area contributed by atoms with Gasteiger partial charge in [0.05, 0.1) is 12.8 Å². The molecule has 2 rings (SSSR count). The summed E-state index contributed by atoms with van der Waals surface area (Å²) in [6.07, 6.45) is 2.59. The smallest absolute Gasteiger partial charge is 0.248 e. The zero-order chi connectivity index (χ0) is 18.4. The molecule has 7 heteroatoms. The number of amides is 2. The first-order valence-electron chi connectivity index (χ1n) is 7.29. The molecular weight excluding hydrogens is 391 g/mol. The number of benzene rings is 2. The van der Waals surface area contributed by atoms with Gasteiger partial charge in [-0.3, -0.25) is 9.59 Å². The van der Waals surface area contributed by atoms with Crippen LogP contribution in [0.4, 0.5) is 15.8 Å². The van der Waals surface area contributed by atoms with Crippen molar-refractivity contribution in [2.45, 2.75) is 6.92 Å². The van der Waals surface area contributed by atoms with Crippen LogP contribution in [0.5, 0.6) is 5.75 Å². The van der Waals surface area contributed by atoms with E-state index < -0.39 is 11.7 Å². The first-order valence-corrected chi connectivity index (χ1v) is 8.08. The average molecular weight is 407 g/mol. The molecule has 5 nitrogen and oxygen atoms in total. The molecule has 0 aliphatic carbocycles. The number of rotatable bonds is 5. The molecule has 0 unspecified atom stereocenters. The maximum absolute atomic E-state index is 13.7. The van der Waals surface area contributed by atoms with Crippen molar-refractivity contribution in [2.24, 2.45) is 0 Å². The van der Waals surface area contributed by atoms with Crippen molar-refractivity contribution in [1.82, 2.24) is 0 Å². The van der Waals surface area contributed by atoms with E-state index >= 15 is 0 Å². The largest absolute Gasteiger partial charge is 0.495 e. The van der Waals surface area contributed by atoms with Crippen molar-refractivity contribution in [3.8, 4) is 5.75 Å². The second kappa shape index (κ2) is 8.43. The molecule has 0 atom stereocenters. The van der Waals surface area contributed by atoms with E-state index in [0.29, 0.717) is 21.6 Å². The highest BCUT2D eigenvalue weighted by atomic mass is 79.9. The summed E-state index contributed by atoms with van der Waals surface area (Å²) in [5.41, 5.74) is 1.19. The van der Waals surface area contributed by atoms with E-state index in [4.69, 9.17) is 4.74 Å². The van der Waals surface area contributed by atoms with Crippen LogP contribution >= 0.6 is 15.9 Å². The van der Waals surface area contributed by atoms with Crippen molar-refractivity contribution in [1.29, 1.82) is 0 Å². The van der Waals surface area contributed by atoms with E-state index in [1.807, 2.05) is 0 Å². The lowest BCUT2D eigenvalue weighted by Gasteiger charge is -2.11. The summed E-state index contributed by atoms with van der Waals surface area (Å²) in [4.78, 5) is 23.2. The molecular formula is C18H16BrFN2O3. The fourth-order valence-corrected chi connectivity index (χ4v) is 2.45. The van der Waals surface area contributed by atoms with Crippen LogP contribution in [-0.2, 0) is 9.59 Å². The fourth-order valence-electron chi connectivity index (χ4n) is 2.07. The topological polar surface area (TPSA) is 67.4 Å². The Morgan fingerprint density at radius 3 is 2.60 bits per heavy atom. The van der Waals surface area contributed by atoms with E-state index in [9.17, 15) is 14.0 Å². The molecule has 0 saturated heterocycles. The monoisotopic (exact) mass is 406 g/mol. The number of methoxy groups -OCH3 is 1. The Balaban J connectivity index is 2.17. The van der Waals surface area contributed by atoms with Gasteiger partial charge in [-0.1, -0.05) is 15.9 Å². The first-order chi connectivity index (χ1) is 11.9. The van der Waals surface area contributed by atoms with Crippen molar-refractivity contribution in [2.75, 3.05) is 17.7 Å². The van der Waals surface area contributed by atoms with Gasteiger partial charge in [-0.2, -0.15) is 0 Å². The summed E-state index contributed by atoms with van der Waals surface area (Å²) in [5, 5.41) is 5.27. The maximum Gasteiger partial charge on any atom is 0.248 e. The Morgan fingerprint density at radius 1 is 1.16 bits per heavy atom. The standard InChI is InChI=1S/C18H16BrFN2O3/c1-11(23)21-14-5-7-17(25-2)16(10-14)22-18(24)8-3-12-9-13(19)4-6-15(12)20/h3-10H,1-2H3,(H,21,23)(H,22,24)/b8-3+. The van der Waals surface area contributed by atoms with Gasteiger partial charge in [-0.05, 0) is 42.5 Å². The SMILES string of the molecule is COc1ccc(NC(C)=O)cc1NC(=O)/C=C/c1cc(Br)ccc1F. The molecule has 0 spiro atoms. The Labute approximate surface area is 153 Å². The molecule has 0 aliphatic heterocycles. The number of halogens is 2. The van der Waals surface area contributed by atoms with Gasteiger partial charge in [-0.25, -0.2) is 4.39 Å². The van der Waals surface area contributed by atoms with E-state index in [1.165, 1.54) is 32.3 Å². The number of nitrogens with one attached hydrogen (secondary N) is 2. The average Bonchev–Trinajstić information content (AvgIpc) is 2.55. The van der Waals surface area contributed by atoms with Gasteiger partial charge in [0, 0.05) is 28.7 Å². The minimum Gasteiger partial charge on any atom is -0.495 e. The molecule has 25 heavy (non-hydrogen) atoms. The predicted octanol–water partition coefficient (Wildman–Crippen LogP) is 4.21. The van der Waals surface area contributed by atoms with E-state index in [1.54, 1.807) is 30.3 Å². The van der Waals surface area contributed by atoms with Crippen LogP contribution in [0.15, 0.2) is 46.9 Å². The van der Waals surface area contributed by atoms with E-state index in [-0.39, 0.29) is 11.5 Å². The van der Waals surface area contributed by atoms with Gasteiger partial charge < -0.3 is 15.4 Å². The second-order valence-electron chi connectivity index (χ2n) is 5.08. The first kappa shape index (κ1) is 18.7. The Kier molecular flexibility index (Phi) is 6.30. The summed E-state index contributed by atoms with van der Waals surface area (Å²) in [5.74, 6) is -0.688. The van der Waals surface area contributed by atoms with Gasteiger partial charge in [0.1, 0.15) is 11.6 Å². The Hall–Kier alpha value is -2.67. The summed E-state index contributed by atoms with van der Waals surface area (Å²) in [6, 6.07) is 9.30. The minimum absolute atomic E-state index is 0.229. The molecule has 0 saturated carbocycles. The van der Waals surface area contributed by atoms with Crippen LogP contribution in [0.25, 0.3) is 6.08 Å². The van der Waals surface area contributed by atoms with Crippen LogP contribution in [0.1, 0.15) is 12.5 Å². The zero-order valence-corrected chi connectivity index (χ0v) is 15.2. The van der Waals surface area contributed by atoms with Crippen LogP contribution in [0.3, 0.4) is 0 Å². The molecule has 0 aromatic heterocycles. The lowest BCUT2D eigenvalue weighted by molar-refractivity contribution is -0.114. The second-order valence-corrected chi connectivity index (χ2v) is 6.00. The molecule has 130 valence electrons. The minimum atomic E-state index is -0.461. The highest BCUT2D eigenvalue weighted by molar-refractivity contribution is 9.10. The highest BCUT2D eigenvalue weighted by Crippen LogP contribution is 2.28. The Morgan fingerprint density at radius 2 is 1.92 bits per heavy atom. The molecule has 0 bridgehead atoms. The number of hydrogen-bond acceptors (Lipinski definition) is 3. The van der Waals surface area contributed by atoms with Gasteiger partial charge >= 0.3 is 0 Å². The van der Waals surface area contributed by atoms with Crippen molar-refractivity contribution < 1.29 is 18.7 Å². The number of ether oxygens (including phenoxy) is 1. The lowest BCUT2D eigenvalue weighted by atomic mass is 10.2. The van der Waals surface area contributed by atoms with Crippen LogP contribution < -0.4 is 15.4 Å². The summed E-state index contributed by atoms with van der Waals surface area (Å²) in [6.45, 7) is 1.39. The number of anilines is 2. The maximum atomic E-state index is 13.7. The van der Waals surface area contributed by atoms with Crippen molar-refractivity contribution in [3.63, 3.8) is 0 Å². The number of carbonyl (C=O) groups is 2. The molecule has 0 fully saturated rings. The predicted molar refractivity (Wildman–Crippen MR) is 99.1 cm³/mol. The Bertz CT molecular complexity index is 837. The molecule has 0 heterocycles. The quantitative estimate of drug-likeness (QED) is 0.730. The lowest BCUT2D eigenvalue weighted by Crippen LogP contribution is -2.11. The zero-order valence-electron chi connectivity index (χ0n) is 13.6. The number of carbonyl (C=O) groups excluding carboxylic acids is 2. The molecule has 2 aromatic carbocycles. The normalized spacial score (nSPS) is 10.6. The van der Waals surface area contributed by atoms with Crippen LogP contribution in [-0.4, -0.2) is 18.9 Å². The van der Waals surface area contributed by atoms with Gasteiger partial charge in [0.25, 0.3) is 0 Å². The van der Waals surface area contributed by atoms with E-state index in [0.717, 1.165) is 0 Å². The summed E-state index contributed by atoms with van der Waals surface area (Å²) < 4.78 is 19.6. The van der Waals surface area contributed by atoms with Gasteiger partial charge in [-0.15, -0.1) is 0 Å². The third-order valence-electron chi connectivity index (χ3n) is 3.15. The van der Waals surface area contributed by atoms with E-state index in [2.05, 4.69) is 26.6 Å². The van der Waals surface area contributed by atoms with Crippen molar-refractivity contribution in [3.05, 3.63) is 58.3 Å². The van der Waals surface area contributed by atoms with Crippen LogP contribution in [0.2, 0.25) is 0 Å². The number of hydrogen-bond donors (Lipinski definition) is 2. The third-order valence-corrected chi connectivity index (χ3v) is 3.64. The molecule has 0 radical (unpaired) electrons. The fraction of sp³-hybridized carbons (Fsp3) is 0.111. The summed E-state index contributed by atoms with van der Waals surface area (Å²) >= 11 is 3.25. The van der Waals surface area contributed by atoms with Gasteiger partial charge in [0.15, 0.2) is 0 Å². The molecule has 2 amide bonds.